The molecular formula is C36H31F5N8O2S. The molecule has 5 aromatic rings. The van der Waals surface area contributed by atoms with E-state index in [0.717, 1.165) is 37.1 Å². The van der Waals surface area contributed by atoms with Crippen molar-refractivity contribution >= 4 is 49.0 Å². The van der Waals surface area contributed by atoms with Crippen LogP contribution < -0.4 is 25.8 Å². The maximum Gasteiger partial charge on any atom is 0.420 e. The Hall–Kier alpha value is -5.27. The Morgan fingerprint density at radius 2 is 1.98 bits per heavy atom. The number of nitrogen functional groups attached to an aromatic ring is 2. The van der Waals surface area contributed by atoms with Gasteiger partial charge in [-0.05, 0) is 50.4 Å². The summed E-state index contributed by atoms with van der Waals surface area (Å²) in [5, 5.41) is 9.23. The molecule has 2 aromatic carbocycles. The van der Waals surface area contributed by atoms with Crippen molar-refractivity contribution in [1.29, 1.82) is 5.26 Å². The van der Waals surface area contributed by atoms with Gasteiger partial charge in [0, 0.05) is 29.3 Å². The second-order valence-corrected chi connectivity index (χ2v) is 14.4. The summed E-state index contributed by atoms with van der Waals surface area (Å²) in [7, 11) is 0. The molecule has 3 aliphatic rings. The van der Waals surface area contributed by atoms with Crippen LogP contribution >= 0.6 is 11.3 Å². The maximum absolute atomic E-state index is 17.4. The van der Waals surface area contributed by atoms with Gasteiger partial charge in [0.15, 0.2) is 5.82 Å². The molecule has 3 aromatic heterocycles. The minimum Gasteiger partial charge on any atom is -0.490 e. The molecule has 0 radical (unpaired) electrons. The number of nitriles is 1. The van der Waals surface area contributed by atoms with Gasteiger partial charge in [-0.3, -0.25) is 4.90 Å². The second-order valence-electron chi connectivity index (χ2n) is 13.4. The summed E-state index contributed by atoms with van der Waals surface area (Å²) in [6.07, 6.45) is -1.23. The molecule has 0 unspecified atom stereocenters. The quantitative estimate of drug-likeness (QED) is 0.134. The van der Waals surface area contributed by atoms with Crippen LogP contribution in [-0.2, 0) is 6.18 Å². The van der Waals surface area contributed by atoms with Gasteiger partial charge in [0.25, 0.3) is 0 Å². The van der Waals surface area contributed by atoms with E-state index >= 15 is 22.0 Å². The highest BCUT2D eigenvalue weighted by molar-refractivity contribution is 7.23. The molecule has 0 spiro atoms. The third-order valence-electron chi connectivity index (χ3n) is 10.3. The molecular weight excluding hydrogens is 704 g/mol. The number of rotatable bonds is 6. The summed E-state index contributed by atoms with van der Waals surface area (Å²) in [4.78, 5) is 17.2. The molecule has 8 rings (SSSR count). The van der Waals surface area contributed by atoms with Gasteiger partial charge in [-0.25, -0.2) is 13.8 Å². The number of nitrogens with two attached hydrogens (primary N) is 2. The molecule has 0 bridgehead atoms. The summed E-state index contributed by atoms with van der Waals surface area (Å²) >= 11 is 0.687. The second kappa shape index (κ2) is 12.2. The molecule has 0 saturated carbocycles. The van der Waals surface area contributed by atoms with Gasteiger partial charge in [-0.15, -0.1) is 11.3 Å². The maximum atomic E-state index is 17.4. The number of hydrogen-bond acceptors (Lipinski definition) is 11. The van der Waals surface area contributed by atoms with Crippen LogP contribution in [0.1, 0.15) is 48.9 Å². The van der Waals surface area contributed by atoms with Crippen molar-refractivity contribution in [1.82, 2.24) is 19.9 Å². The lowest BCUT2D eigenvalue weighted by Gasteiger charge is -2.32. The van der Waals surface area contributed by atoms with Gasteiger partial charge in [-0.2, -0.15) is 28.4 Å². The number of fused-ring (bicyclic) bond motifs is 2. The minimum absolute atomic E-state index is 0.0158. The van der Waals surface area contributed by atoms with Crippen molar-refractivity contribution in [2.45, 2.75) is 43.9 Å². The first-order valence-corrected chi connectivity index (χ1v) is 17.3. The number of pyridine rings is 1. The molecule has 52 heavy (non-hydrogen) atoms. The zero-order valence-corrected chi connectivity index (χ0v) is 28.6. The minimum atomic E-state index is -5.20. The lowest BCUT2D eigenvalue weighted by molar-refractivity contribution is -0.138. The van der Waals surface area contributed by atoms with Gasteiger partial charge < -0.3 is 25.8 Å². The average Bonchev–Trinajstić information content (AvgIpc) is 3.70. The Morgan fingerprint density at radius 3 is 2.73 bits per heavy atom. The Labute approximate surface area is 298 Å². The number of ether oxygens (including phenoxy) is 2. The molecule has 6 heterocycles. The molecule has 0 aliphatic carbocycles. The summed E-state index contributed by atoms with van der Waals surface area (Å²) in [5.41, 5.74) is 9.90. The topological polar surface area (TPSA) is 139 Å². The zero-order valence-electron chi connectivity index (χ0n) is 27.8. The van der Waals surface area contributed by atoms with Crippen LogP contribution in [0.3, 0.4) is 0 Å². The molecule has 2 atom stereocenters. The third kappa shape index (κ3) is 5.16. The van der Waals surface area contributed by atoms with E-state index < -0.39 is 51.8 Å². The molecule has 4 N–H and O–H groups in total. The standard InChI is InChI=1S/C36H31F5N8O2S/c1-17-13-35(8-4-10-48(35)15-17)16-51-34-46-28-25-29(50-12-11-49(33(25)47-34)18(2)19-5-3-9-45-31(19)43)26(36(39,40)41)24(27(28)38)20-6-7-22(37)30-23(20)21(14-42)32(44)52-30/h3,5-7,9,18H,1,4,8,10-13,15-16,44H2,2H3,(H2,43,45)/t18-,35+/m1/s1. The fraction of sp³-hybridized carbons (Fsp3) is 0.333. The van der Waals surface area contributed by atoms with E-state index in [4.69, 9.17) is 20.9 Å². The Kier molecular flexibility index (Phi) is 7.92. The number of anilines is 3. The number of alkyl halides is 3. The number of halogens is 5. The van der Waals surface area contributed by atoms with Crippen molar-refractivity contribution in [2.24, 2.45) is 0 Å². The van der Waals surface area contributed by atoms with E-state index in [1.54, 1.807) is 24.0 Å². The zero-order chi connectivity index (χ0) is 36.7. The molecule has 2 saturated heterocycles. The monoisotopic (exact) mass is 734 g/mol. The first-order valence-electron chi connectivity index (χ1n) is 16.5. The predicted octanol–water partition coefficient (Wildman–Crippen LogP) is 7.37. The SMILES string of the molecule is C=C1CN2CCC[C@@]2(COc2nc3c4c(c(C(F)(F)F)c(-c5ccc(F)c6sc(N)c(C#N)c56)c(F)c4n2)OCCN3[C@H](C)c2cccnc2N)C1. The highest BCUT2D eigenvalue weighted by Gasteiger charge is 2.47. The van der Waals surface area contributed by atoms with Gasteiger partial charge in [0.2, 0.25) is 0 Å². The van der Waals surface area contributed by atoms with Gasteiger partial charge >= 0.3 is 12.2 Å². The van der Waals surface area contributed by atoms with E-state index in [1.807, 2.05) is 6.07 Å². The number of aromatic nitrogens is 3. The van der Waals surface area contributed by atoms with Gasteiger partial charge in [0.05, 0.1) is 33.8 Å². The summed E-state index contributed by atoms with van der Waals surface area (Å²) in [6, 6.07) is 6.32. The summed E-state index contributed by atoms with van der Waals surface area (Å²) in [6.45, 7) is 7.39. The smallest absolute Gasteiger partial charge is 0.420 e. The van der Waals surface area contributed by atoms with E-state index in [0.29, 0.717) is 29.9 Å². The van der Waals surface area contributed by atoms with Crippen LogP contribution in [0.25, 0.3) is 32.1 Å². The number of benzene rings is 2. The van der Waals surface area contributed by atoms with Crippen molar-refractivity contribution in [3.8, 4) is 29.0 Å². The fourth-order valence-corrected chi connectivity index (χ4v) is 8.99. The molecule has 2 fully saturated rings. The predicted molar refractivity (Wildman–Crippen MR) is 187 cm³/mol. The molecule has 0 amide bonds. The molecule has 10 nitrogen and oxygen atoms in total. The Balaban J connectivity index is 1.42. The molecule has 268 valence electrons. The van der Waals surface area contributed by atoms with Crippen LogP contribution in [-0.4, -0.2) is 58.2 Å². The van der Waals surface area contributed by atoms with Crippen molar-refractivity contribution < 1.29 is 31.4 Å². The Morgan fingerprint density at radius 1 is 1.17 bits per heavy atom. The number of thiophene rings is 1. The van der Waals surface area contributed by atoms with Crippen LogP contribution in [0.15, 0.2) is 42.6 Å². The molecule has 3 aliphatic heterocycles. The van der Waals surface area contributed by atoms with E-state index in [-0.39, 0.29) is 69.0 Å². The lowest BCUT2D eigenvalue weighted by Crippen LogP contribution is -2.43. The van der Waals surface area contributed by atoms with Gasteiger partial charge in [-0.1, -0.05) is 24.3 Å². The van der Waals surface area contributed by atoms with Gasteiger partial charge in [0.1, 0.15) is 58.6 Å². The normalized spacial score (nSPS) is 19.5. The van der Waals surface area contributed by atoms with E-state index in [1.165, 1.54) is 6.20 Å². The highest BCUT2D eigenvalue weighted by Crippen LogP contribution is 2.54. The van der Waals surface area contributed by atoms with Crippen molar-refractivity contribution in [3.63, 3.8) is 0 Å². The van der Waals surface area contributed by atoms with Crippen LogP contribution in [0.4, 0.5) is 38.6 Å². The number of hydrogen-bond donors (Lipinski definition) is 2. The first kappa shape index (κ1) is 33.9. The Bertz CT molecular complexity index is 2360. The van der Waals surface area contributed by atoms with Crippen LogP contribution in [0.5, 0.6) is 11.8 Å². The largest absolute Gasteiger partial charge is 0.490 e. The molecule has 16 heteroatoms. The van der Waals surface area contributed by atoms with E-state index in [2.05, 4.69) is 26.4 Å². The van der Waals surface area contributed by atoms with Crippen LogP contribution in [0.2, 0.25) is 0 Å². The number of nitrogens with zero attached hydrogens (tertiary/aromatic N) is 6. The average molecular weight is 735 g/mol. The third-order valence-corrected chi connectivity index (χ3v) is 11.4. The van der Waals surface area contributed by atoms with Crippen LogP contribution in [0, 0.1) is 23.0 Å². The highest BCUT2D eigenvalue weighted by atomic mass is 32.1. The van der Waals surface area contributed by atoms with Crippen molar-refractivity contribution in [3.05, 3.63) is 70.9 Å². The summed E-state index contributed by atoms with van der Waals surface area (Å²) < 4.78 is 90.7. The lowest BCUT2D eigenvalue weighted by atomic mass is 9.91. The van der Waals surface area contributed by atoms with Crippen molar-refractivity contribution in [2.75, 3.05) is 49.2 Å². The summed E-state index contributed by atoms with van der Waals surface area (Å²) in [5.74, 6) is -2.77. The first-order chi connectivity index (χ1) is 24.8. The fourth-order valence-electron chi connectivity index (χ4n) is 8.04. The van der Waals surface area contributed by atoms with E-state index in [9.17, 15) is 5.26 Å².